The number of Topliss-reactive ketones (excluding diaryl/α,β-unsaturated/α-hetero) is 1. The molecule has 1 unspecified atom stereocenters. The van der Waals surface area contributed by atoms with Crippen LogP contribution in [0, 0.1) is 0 Å². The summed E-state index contributed by atoms with van der Waals surface area (Å²) in [6.07, 6.45) is 1.18. The molecule has 0 aromatic heterocycles. The number of hydrogen-bond acceptors (Lipinski definition) is 4. The van der Waals surface area contributed by atoms with Gasteiger partial charge in [0.2, 0.25) is 0 Å². The van der Waals surface area contributed by atoms with Crippen molar-refractivity contribution < 1.29 is 19.1 Å². The fraction of sp³-hybridized carbons (Fsp3) is 0.500. The van der Waals surface area contributed by atoms with Gasteiger partial charge in [0.05, 0.1) is 19.8 Å². The summed E-state index contributed by atoms with van der Waals surface area (Å²) in [6, 6.07) is 0. The van der Waals surface area contributed by atoms with Crippen LogP contribution in [0.3, 0.4) is 0 Å². The average Bonchev–Trinajstić information content (AvgIpc) is 2.13. The van der Waals surface area contributed by atoms with Gasteiger partial charge in [-0.2, -0.15) is 0 Å². The molecule has 0 aliphatic carbocycles. The van der Waals surface area contributed by atoms with Crippen molar-refractivity contribution in [3.63, 3.8) is 0 Å². The van der Waals surface area contributed by atoms with Crippen LogP contribution in [-0.4, -0.2) is 30.8 Å². The number of carbonyl (C=O) groups is 2. The molecule has 0 aromatic carbocycles. The zero-order valence-electron chi connectivity index (χ0n) is 7.08. The fourth-order valence-electron chi connectivity index (χ4n) is 0.925. The van der Waals surface area contributed by atoms with Crippen molar-refractivity contribution in [2.24, 2.45) is 0 Å². The molecule has 0 fully saturated rings. The van der Waals surface area contributed by atoms with Crippen molar-refractivity contribution in [1.82, 2.24) is 0 Å². The van der Waals surface area contributed by atoms with Crippen molar-refractivity contribution in [2.75, 3.05) is 13.7 Å². The van der Waals surface area contributed by atoms with Crippen LogP contribution in [0.4, 0.5) is 0 Å². The van der Waals surface area contributed by atoms with Crippen LogP contribution < -0.4 is 0 Å². The van der Waals surface area contributed by atoms with Gasteiger partial charge in [-0.3, -0.25) is 9.59 Å². The van der Waals surface area contributed by atoms with Crippen LogP contribution in [0.15, 0.2) is 11.8 Å². The van der Waals surface area contributed by atoms with Crippen molar-refractivity contribution in [2.45, 2.75) is 11.8 Å². The molecular weight excluding hydrogens is 196 g/mol. The van der Waals surface area contributed by atoms with Crippen LogP contribution in [0.5, 0.6) is 0 Å². The molecule has 0 saturated carbocycles. The summed E-state index contributed by atoms with van der Waals surface area (Å²) >= 11 is 5.62. The molecule has 4 nitrogen and oxygen atoms in total. The highest BCUT2D eigenvalue weighted by molar-refractivity contribution is 6.34. The number of carbonyl (C=O) groups excluding carboxylic acids is 2. The van der Waals surface area contributed by atoms with E-state index >= 15 is 0 Å². The van der Waals surface area contributed by atoms with Gasteiger partial charge in [0.25, 0.3) is 0 Å². The highest BCUT2D eigenvalue weighted by Crippen LogP contribution is 2.16. The lowest BCUT2D eigenvalue weighted by atomic mass is 10.1. The van der Waals surface area contributed by atoms with E-state index in [2.05, 4.69) is 4.74 Å². The van der Waals surface area contributed by atoms with E-state index in [0.29, 0.717) is 0 Å². The van der Waals surface area contributed by atoms with Gasteiger partial charge in [-0.15, -0.1) is 11.6 Å². The van der Waals surface area contributed by atoms with Gasteiger partial charge in [0.15, 0.2) is 5.78 Å². The molecule has 0 amide bonds. The average molecular weight is 205 g/mol. The second-order valence-corrected chi connectivity index (χ2v) is 3.09. The van der Waals surface area contributed by atoms with E-state index in [1.807, 2.05) is 0 Å². The lowest BCUT2D eigenvalue weighted by Gasteiger charge is -2.16. The van der Waals surface area contributed by atoms with Gasteiger partial charge >= 0.3 is 5.97 Å². The zero-order valence-corrected chi connectivity index (χ0v) is 7.84. The van der Waals surface area contributed by atoms with Crippen molar-refractivity contribution >= 4 is 23.4 Å². The number of methoxy groups -OCH3 is 1. The smallest absolute Gasteiger partial charge is 0.310 e. The van der Waals surface area contributed by atoms with E-state index < -0.39 is 11.3 Å². The number of ether oxygens (including phenoxy) is 2. The van der Waals surface area contributed by atoms with E-state index in [-0.39, 0.29) is 24.4 Å². The summed E-state index contributed by atoms with van der Waals surface area (Å²) in [7, 11) is 1.26. The van der Waals surface area contributed by atoms with E-state index in [4.69, 9.17) is 16.3 Å². The number of alkyl halides is 1. The largest absolute Gasteiger partial charge is 0.499 e. The molecule has 0 saturated heterocycles. The first-order chi connectivity index (χ1) is 6.15. The standard InChI is InChI=1S/C8H9ClO4/c1-12-7(10)2-5-3-13-4-6(9)8(5)11/h3,6H,2,4H2,1H3. The number of ketones is 1. The molecule has 1 aliphatic rings. The second kappa shape index (κ2) is 4.28. The lowest BCUT2D eigenvalue weighted by molar-refractivity contribution is -0.140. The summed E-state index contributed by atoms with van der Waals surface area (Å²) in [4.78, 5) is 22.1. The molecule has 13 heavy (non-hydrogen) atoms. The number of esters is 1. The fourth-order valence-corrected chi connectivity index (χ4v) is 1.14. The monoisotopic (exact) mass is 204 g/mol. The molecule has 1 heterocycles. The predicted molar refractivity (Wildman–Crippen MR) is 45.3 cm³/mol. The van der Waals surface area contributed by atoms with Gasteiger partial charge in [0.1, 0.15) is 12.0 Å². The Morgan fingerprint density at radius 3 is 3.15 bits per heavy atom. The van der Waals surface area contributed by atoms with Crippen LogP contribution in [0.2, 0.25) is 0 Å². The molecule has 72 valence electrons. The van der Waals surface area contributed by atoms with Crippen molar-refractivity contribution in [3.05, 3.63) is 11.8 Å². The molecule has 0 N–H and O–H groups in total. The molecular formula is C8H9ClO4. The van der Waals surface area contributed by atoms with Crippen LogP contribution >= 0.6 is 11.6 Å². The third-order valence-electron chi connectivity index (χ3n) is 1.63. The molecule has 5 heteroatoms. The minimum Gasteiger partial charge on any atom is -0.499 e. The maximum absolute atomic E-state index is 11.3. The molecule has 0 radical (unpaired) electrons. The molecule has 0 spiro atoms. The number of rotatable bonds is 2. The van der Waals surface area contributed by atoms with E-state index in [9.17, 15) is 9.59 Å². The number of hydrogen-bond donors (Lipinski definition) is 0. The maximum atomic E-state index is 11.3. The van der Waals surface area contributed by atoms with Crippen molar-refractivity contribution in [3.8, 4) is 0 Å². The Labute approximate surface area is 80.5 Å². The summed E-state index contributed by atoms with van der Waals surface area (Å²) in [5.41, 5.74) is 0.262. The highest BCUT2D eigenvalue weighted by atomic mass is 35.5. The quantitative estimate of drug-likeness (QED) is 0.489. The first kappa shape index (κ1) is 10.1. The highest BCUT2D eigenvalue weighted by Gasteiger charge is 2.26. The Morgan fingerprint density at radius 1 is 1.85 bits per heavy atom. The third-order valence-corrected chi connectivity index (χ3v) is 1.96. The number of halogens is 1. The lowest BCUT2D eigenvalue weighted by Crippen LogP contribution is -2.27. The summed E-state index contributed by atoms with van der Waals surface area (Å²) in [5, 5.41) is -0.690. The van der Waals surface area contributed by atoms with Gasteiger partial charge in [0, 0.05) is 5.57 Å². The van der Waals surface area contributed by atoms with Crippen LogP contribution in [0.1, 0.15) is 6.42 Å². The third kappa shape index (κ3) is 2.45. The first-order valence-electron chi connectivity index (χ1n) is 3.71. The van der Waals surface area contributed by atoms with Gasteiger partial charge < -0.3 is 9.47 Å². The Balaban J connectivity index is 2.63. The maximum Gasteiger partial charge on any atom is 0.310 e. The summed E-state index contributed by atoms with van der Waals surface area (Å²) in [5.74, 6) is -0.743. The molecule has 1 aliphatic heterocycles. The van der Waals surface area contributed by atoms with Gasteiger partial charge in [-0.1, -0.05) is 0 Å². The van der Waals surface area contributed by atoms with Crippen LogP contribution in [-0.2, 0) is 19.1 Å². The van der Waals surface area contributed by atoms with E-state index in [1.54, 1.807) is 0 Å². The topological polar surface area (TPSA) is 52.6 Å². The minimum atomic E-state index is -0.690. The molecule has 1 rings (SSSR count). The van der Waals surface area contributed by atoms with E-state index in [0.717, 1.165) is 0 Å². The Bertz CT molecular complexity index is 259. The Morgan fingerprint density at radius 2 is 2.54 bits per heavy atom. The normalized spacial score (nSPS) is 21.8. The van der Waals surface area contributed by atoms with Gasteiger partial charge in [-0.25, -0.2) is 0 Å². The minimum absolute atomic E-state index is 0.0848. The SMILES string of the molecule is COC(=O)CC1=COCC(Cl)C1=O. The molecule has 0 bridgehead atoms. The molecule has 0 aromatic rings. The van der Waals surface area contributed by atoms with Crippen LogP contribution in [0.25, 0.3) is 0 Å². The Kier molecular flexibility index (Phi) is 3.31. The first-order valence-corrected chi connectivity index (χ1v) is 4.14. The van der Waals surface area contributed by atoms with E-state index in [1.165, 1.54) is 13.4 Å². The zero-order chi connectivity index (χ0) is 9.84. The van der Waals surface area contributed by atoms with Crippen molar-refractivity contribution in [1.29, 1.82) is 0 Å². The summed E-state index contributed by atoms with van der Waals surface area (Å²) in [6.45, 7) is 0.158. The molecule has 1 atom stereocenters. The Hall–Kier alpha value is -1.03. The second-order valence-electron chi connectivity index (χ2n) is 2.56. The predicted octanol–water partition coefficient (Wildman–Crippen LogP) is 0.640. The summed E-state index contributed by atoms with van der Waals surface area (Å²) < 4.78 is 9.29. The van der Waals surface area contributed by atoms with Gasteiger partial charge in [-0.05, 0) is 0 Å².